The Hall–Kier alpha value is -3.11. The summed E-state index contributed by atoms with van der Waals surface area (Å²) in [6, 6.07) is 25.9. The Morgan fingerprint density at radius 1 is 0.897 bits per heavy atom. The van der Waals surface area contributed by atoms with Crippen molar-refractivity contribution in [3.63, 3.8) is 0 Å². The van der Waals surface area contributed by atoms with Crippen LogP contribution < -0.4 is 9.80 Å². The van der Waals surface area contributed by atoms with E-state index < -0.39 is 0 Å². The molecule has 0 aliphatic carbocycles. The van der Waals surface area contributed by atoms with Crippen molar-refractivity contribution < 1.29 is 4.90 Å². The molecule has 1 aliphatic heterocycles. The number of aromatic amines is 1. The lowest BCUT2D eigenvalue weighted by Crippen LogP contribution is -3.15. The maximum absolute atomic E-state index is 4.79. The highest BCUT2D eigenvalue weighted by atomic mass is 15.3. The van der Waals surface area contributed by atoms with Crippen molar-refractivity contribution in [1.29, 1.82) is 0 Å². The minimum Gasteiger partial charge on any atom is -0.360 e. The van der Waals surface area contributed by atoms with Crippen LogP contribution in [-0.2, 0) is 0 Å². The molecular formula is C25H27N4+. The molecule has 1 atom stereocenters. The van der Waals surface area contributed by atoms with Gasteiger partial charge < -0.3 is 14.8 Å². The Labute approximate surface area is 171 Å². The van der Waals surface area contributed by atoms with Gasteiger partial charge >= 0.3 is 0 Å². The highest BCUT2D eigenvalue weighted by Crippen LogP contribution is 2.30. The first-order valence-corrected chi connectivity index (χ1v) is 10.4. The van der Waals surface area contributed by atoms with Crippen molar-refractivity contribution in [3.8, 4) is 0 Å². The molecule has 29 heavy (non-hydrogen) atoms. The summed E-state index contributed by atoms with van der Waals surface area (Å²) in [6.07, 6.45) is 1.92. The lowest BCUT2D eigenvalue weighted by atomic mass is 9.97. The number of H-pyrrole nitrogens is 1. The molecule has 1 fully saturated rings. The van der Waals surface area contributed by atoms with Crippen molar-refractivity contribution in [2.75, 3.05) is 31.1 Å². The number of hydrogen-bond acceptors (Lipinski definition) is 2. The van der Waals surface area contributed by atoms with Crippen LogP contribution >= 0.6 is 0 Å². The third kappa shape index (κ3) is 3.40. The van der Waals surface area contributed by atoms with Gasteiger partial charge in [-0.15, -0.1) is 0 Å². The molecule has 4 heteroatoms. The molecule has 4 nitrogen and oxygen atoms in total. The number of anilines is 1. The lowest BCUT2D eigenvalue weighted by Gasteiger charge is -2.37. The Balaban J connectivity index is 1.50. The first-order valence-electron chi connectivity index (χ1n) is 10.4. The molecule has 4 aromatic rings. The summed E-state index contributed by atoms with van der Waals surface area (Å²) in [5, 5.41) is 1.32. The molecule has 0 unspecified atom stereocenters. The molecule has 0 saturated carbocycles. The van der Waals surface area contributed by atoms with Crippen LogP contribution in [0.4, 0.5) is 5.69 Å². The maximum Gasteiger partial charge on any atom is 0.158 e. The summed E-state index contributed by atoms with van der Waals surface area (Å²) in [4.78, 5) is 12.5. The number of para-hydroxylation sites is 2. The molecule has 5 rings (SSSR count). The monoisotopic (exact) mass is 383 g/mol. The molecule has 2 aromatic carbocycles. The Bertz CT molecular complexity index is 1080. The zero-order valence-corrected chi connectivity index (χ0v) is 16.8. The molecule has 146 valence electrons. The Morgan fingerprint density at radius 3 is 2.38 bits per heavy atom. The molecule has 3 heterocycles. The fourth-order valence-electron chi connectivity index (χ4n) is 4.76. The summed E-state index contributed by atoms with van der Waals surface area (Å²) in [5.41, 5.74) is 6.33. The Kier molecular flexibility index (Phi) is 4.78. The van der Waals surface area contributed by atoms with Crippen LogP contribution in [0.5, 0.6) is 0 Å². The van der Waals surface area contributed by atoms with E-state index in [4.69, 9.17) is 4.98 Å². The minimum atomic E-state index is 0.241. The summed E-state index contributed by atoms with van der Waals surface area (Å²) < 4.78 is 0. The van der Waals surface area contributed by atoms with E-state index in [1.54, 1.807) is 4.90 Å². The molecule has 0 radical (unpaired) electrons. The SMILES string of the molecule is Cc1[nH]c2ccccc2c1[C@@H](c1ccccn1)[NH+]1CCN(c2ccccc2)CC1. The number of benzene rings is 2. The summed E-state index contributed by atoms with van der Waals surface area (Å²) in [7, 11) is 0. The van der Waals surface area contributed by atoms with E-state index in [1.807, 2.05) is 12.3 Å². The van der Waals surface area contributed by atoms with Gasteiger partial charge in [0.25, 0.3) is 0 Å². The number of nitrogens with one attached hydrogen (secondary N) is 2. The molecule has 1 aliphatic rings. The summed E-state index contributed by atoms with van der Waals surface area (Å²) in [5.74, 6) is 0. The summed E-state index contributed by atoms with van der Waals surface area (Å²) >= 11 is 0. The van der Waals surface area contributed by atoms with Crippen LogP contribution in [0.25, 0.3) is 10.9 Å². The van der Waals surface area contributed by atoms with Gasteiger partial charge in [0, 0.05) is 34.0 Å². The van der Waals surface area contributed by atoms with Gasteiger partial charge in [-0.05, 0) is 37.3 Å². The van der Waals surface area contributed by atoms with Crippen LogP contribution in [0.3, 0.4) is 0 Å². The predicted octanol–water partition coefficient (Wildman–Crippen LogP) is 3.37. The highest BCUT2D eigenvalue weighted by Gasteiger charge is 2.33. The van der Waals surface area contributed by atoms with Crippen LogP contribution in [0.1, 0.15) is 23.0 Å². The van der Waals surface area contributed by atoms with E-state index >= 15 is 0 Å². The van der Waals surface area contributed by atoms with Crippen LogP contribution in [-0.4, -0.2) is 36.1 Å². The average molecular weight is 384 g/mol. The Morgan fingerprint density at radius 2 is 1.62 bits per heavy atom. The minimum absolute atomic E-state index is 0.241. The van der Waals surface area contributed by atoms with Crippen molar-refractivity contribution in [3.05, 3.63) is 95.9 Å². The van der Waals surface area contributed by atoms with E-state index in [0.29, 0.717) is 0 Å². The zero-order valence-electron chi connectivity index (χ0n) is 16.8. The van der Waals surface area contributed by atoms with E-state index in [9.17, 15) is 0 Å². The number of piperazine rings is 1. The lowest BCUT2D eigenvalue weighted by molar-refractivity contribution is -0.926. The molecule has 0 spiro atoms. The number of aromatic nitrogens is 2. The van der Waals surface area contributed by atoms with Crippen LogP contribution in [0.15, 0.2) is 79.0 Å². The predicted molar refractivity (Wildman–Crippen MR) is 118 cm³/mol. The van der Waals surface area contributed by atoms with Crippen molar-refractivity contribution in [2.24, 2.45) is 0 Å². The molecule has 1 saturated heterocycles. The van der Waals surface area contributed by atoms with E-state index in [1.165, 1.54) is 27.8 Å². The van der Waals surface area contributed by atoms with Gasteiger partial charge in [-0.2, -0.15) is 0 Å². The second kappa shape index (κ2) is 7.72. The molecular weight excluding hydrogens is 356 g/mol. The first-order chi connectivity index (χ1) is 14.3. The van der Waals surface area contributed by atoms with Crippen molar-refractivity contribution >= 4 is 16.6 Å². The van der Waals surface area contributed by atoms with Crippen LogP contribution in [0.2, 0.25) is 0 Å². The normalized spacial score (nSPS) is 16.2. The first kappa shape index (κ1) is 18.0. The van der Waals surface area contributed by atoms with E-state index in [0.717, 1.165) is 31.9 Å². The second-order valence-electron chi connectivity index (χ2n) is 7.88. The fourth-order valence-corrected chi connectivity index (χ4v) is 4.76. The number of nitrogens with zero attached hydrogens (tertiary/aromatic N) is 2. The maximum atomic E-state index is 4.79. The van der Waals surface area contributed by atoms with E-state index in [-0.39, 0.29) is 6.04 Å². The number of rotatable bonds is 4. The van der Waals surface area contributed by atoms with Gasteiger partial charge in [0.2, 0.25) is 0 Å². The second-order valence-corrected chi connectivity index (χ2v) is 7.88. The van der Waals surface area contributed by atoms with Gasteiger partial charge in [0.1, 0.15) is 5.69 Å². The number of aryl methyl sites for hydroxylation is 1. The largest absolute Gasteiger partial charge is 0.360 e. The van der Waals surface area contributed by atoms with Gasteiger partial charge in [-0.25, -0.2) is 0 Å². The van der Waals surface area contributed by atoms with Gasteiger partial charge in [0.15, 0.2) is 6.04 Å². The zero-order chi connectivity index (χ0) is 19.6. The third-order valence-corrected chi connectivity index (χ3v) is 6.15. The number of quaternary nitrogens is 1. The van der Waals surface area contributed by atoms with Crippen LogP contribution in [0, 0.1) is 6.92 Å². The van der Waals surface area contributed by atoms with Crippen molar-refractivity contribution in [1.82, 2.24) is 9.97 Å². The average Bonchev–Trinajstić information content (AvgIpc) is 3.12. The molecule has 0 amide bonds. The smallest absolute Gasteiger partial charge is 0.158 e. The molecule has 2 N–H and O–H groups in total. The van der Waals surface area contributed by atoms with Gasteiger partial charge in [-0.1, -0.05) is 42.5 Å². The number of pyridine rings is 1. The highest BCUT2D eigenvalue weighted by molar-refractivity contribution is 5.85. The topological polar surface area (TPSA) is 36.4 Å². The van der Waals surface area contributed by atoms with Gasteiger partial charge in [0.05, 0.1) is 26.2 Å². The van der Waals surface area contributed by atoms with Crippen molar-refractivity contribution in [2.45, 2.75) is 13.0 Å². The molecule has 2 aromatic heterocycles. The fraction of sp³-hybridized carbons (Fsp3) is 0.240. The quantitative estimate of drug-likeness (QED) is 0.567. The number of fused-ring (bicyclic) bond motifs is 1. The van der Waals surface area contributed by atoms with Gasteiger partial charge in [-0.3, -0.25) is 4.98 Å². The third-order valence-electron chi connectivity index (χ3n) is 6.15. The number of hydrogen-bond donors (Lipinski definition) is 2. The molecule has 0 bridgehead atoms. The standard InChI is InChI=1S/C25H26N4/c1-19-24(21-11-5-6-12-22(21)27-19)25(23-13-7-8-14-26-23)29-17-15-28(16-18-29)20-9-3-2-4-10-20/h2-14,25,27H,15-18H2,1H3/p+1/t25-/m1/s1. The summed E-state index contributed by atoms with van der Waals surface area (Å²) in [6.45, 7) is 6.50. The van der Waals surface area contributed by atoms with E-state index in [2.05, 4.69) is 83.5 Å².